The van der Waals surface area contributed by atoms with Crippen molar-refractivity contribution in [2.24, 2.45) is 0 Å². The maximum absolute atomic E-state index is 11.6. The van der Waals surface area contributed by atoms with Gasteiger partial charge in [-0.3, -0.25) is 14.7 Å². The van der Waals surface area contributed by atoms with E-state index in [9.17, 15) is 4.79 Å². The summed E-state index contributed by atoms with van der Waals surface area (Å²) >= 11 is 1.36. The predicted molar refractivity (Wildman–Crippen MR) is 61.7 cm³/mol. The zero-order valence-electron chi connectivity index (χ0n) is 9.02. The average molecular weight is 241 g/mol. The third kappa shape index (κ3) is 3.26. The normalized spacial score (nSPS) is 17.2. The Morgan fingerprint density at radius 2 is 2.38 bits per heavy atom. The smallest absolute Gasteiger partial charge is 0.263 e. The summed E-state index contributed by atoms with van der Waals surface area (Å²) in [6.07, 6.45) is 1.59. The van der Waals surface area contributed by atoms with Gasteiger partial charge < -0.3 is 10.1 Å². The summed E-state index contributed by atoms with van der Waals surface area (Å²) < 4.78 is 5.25. The lowest BCUT2D eigenvalue weighted by Gasteiger charge is -2.26. The number of hydrogen-bond donors (Lipinski definition) is 1. The number of amides is 1. The van der Waals surface area contributed by atoms with Crippen molar-refractivity contribution < 1.29 is 9.53 Å². The van der Waals surface area contributed by atoms with Crippen molar-refractivity contribution in [2.75, 3.05) is 39.4 Å². The fraction of sp³-hybridized carbons (Fsp3) is 0.600. The van der Waals surface area contributed by atoms with Crippen LogP contribution in [0, 0.1) is 0 Å². The Labute approximate surface area is 98.4 Å². The second kappa shape index (κ2) is 5.93. The molecule has 1 aliphatic heterocycles. The van der Waals surface area contributed by atoms with E-state index in [0.29, 0.717) is 11.4 Å². The lowest BCUT2D eigenvalue weighted by Crippen LogP contribution is -2.41. The Morgan fingerprint density at radius 3 is 3.06 bits per heavy atom. The van der Waals surface area contributed by atoms with Crippen molar-refractivity contribution in [2.45, 2.75) is 0 Å². The lowest BCUT2D eigenvalue weighted by atomic mass is 10.4. The van der Waals surface area contributed by atoms with E-state index in [2.05, 4.69) is 15.2 Å². The molecule has 0 unspecified atom stereocenters. The molecule has 1 aliphatic rings. The largest absolute Gasteiger partial charge is 0.379 e. The van der Waals surface area contributed by atoms with Crippen molar-refractivity contribution in [3.63, 3.8) is 0 Å². The first-order chi connectivity index (χ1) is 7.86. The van der Waals surface area contributed by atoms with E-state index in [0.717, 1.165) is 32.8 Å². The molecule has 0 saturated carbocycles. The third-order valence-electron chi connectivity index (χ3n) is 2.47. The average Bonchev–Trinajstić information content (AvgIpc) is 2.84. The number of nitrogens with one attached hydrogen (secondary N) is 1. The molecule has 16 heavy (non-hydrogen) atoms. The van der Waals surface area contributed by atoms with Crippen molar-refractivity contribution in [1.29, 1.82) is 0 Å². The monoisotopic (exact) mass is 241 g/mol. The molecular formula is C10H15N3O2S. The Balaban J connectivity index is 1.66. The number of ether oxygens (including phenoxy) is 1. The van der Waals surface area contributed by atoms with Crippen LogP contribution in [-0.2, 0) is 4.74 Å². The first kappa shape index (κ1) is 11.5. The molecule has 2 heterocycles. The van der Waals surface area contributed by atoms with Crippen molar-refractivity contribution in [3.05, 3.63) is 16.6 Å². The van der Waals surface area contributed by atoms with E-state index >= 15 is 0 Å². The Kier molecular flexibility index (Phi) is 4.26. The molecule has 88 valence electrons. The highest BCUT2D eigenvalue weighted by atomic mass is 32.1. The SMILES string of the molecule is O=C(NCCN1CCOCC1)c1cncs1. The molecule has 0 aromatic carbocycles. The zero-order valence-corrected chi connectivity index (χ0v) is 9.83. The van der Waals surface area contributed by atoms with Gasteiger partial charge >= 0.3 is 0 Å². The molecule has 0 aliphatic carbocycles. The maximum atomic E-state index is 11.6. The van der Waals surface area contributed by atoms with Gasteiger partial charge in [-0.1, -0.05) is 0 Å². The van der Waals surface area contributed by atoms with E-state index in [-0.39, 0.29) is 5.91 Å². The zero-order chi connectivity index (χ0) is 11.2. The lowest BCUT2D eigenvalue weighted by molar-refractivity contribution is 0.0383. The fourth-order valence-electron chi connectivity index (χ4n) is 1.57. The topological polar surface area (TPSA) is 54.5 Å². The van der Waals surface area contributed by atoms with Crippen molar-refractivity contribution in [3.8, 4) is 0 Å². The molecule has 0 radical (unpaired) electrons. The van der Waals surface area contributed by atoms with Crippen LogP contribution in [0.1, 0.15) is 9.67 Å². The summed E-state index contributed by atoms with van der Waals surface area (Å²) in [6.45, 7) is 5.06. The van der Waals surface area contributed by atoms with Crippen LogP contribution in [0.4, 0.5) is 0 Å². The number of aromatic nitrogens is 1. The second-order valence-electron chi connectivity index (χ2n) is 3.58. The van der Waals surface area contributed by atoms with E-state index in [1.807, 2.05) is 0 Å². The minimum atomic E-state index is -0.0317. The quantitative estimate of drug-likeness (QED) is 0.818. The molecule has 1 fully saturated rings. The van der Waals surface area contributed by atoms with E-state index in [1.165, 1.54) is 11.3 Å². The van der Waals surface area contributed by atoms with Crippen LogP contribution in [0.25, 0.3) is 0 Å². The van der Waals surface area contributed by atoms with Gasteiger partial charge in [-0.25, -0.2) is 0 Å². The highest BCUT2D eigenvalue weighted by Gasteiger charge is 2.11. The van der Waals surface area contributed by atoms with E-state index in [1.54, 1.807) is 11.7 Å². The van der Waals surface area contributed by atoms with Gasteiger partial charge in [0.2, 0.25) is 0 Å². The van der Waals surface area contributed by atoms with Gasteiger partial charge in [-0.15, -0.1) is 11.3 Å². The Morgan fingerprint density at radius 1 is 1.56 bits per heavy atom. The Bertz CT molecular complexity index is 323. The van der Waals surface area contributed by atoms with Crippen LogP contribution >= 0.6 is 11.3 Å². The minimum absolute atomic E-state index is 0.0317. The highest BCUT2D eigenvalue weighted by molar-refractivity contribution is 7.11. The van der Waals surface area contributed by atoms with Crippen molar-refractivity contribution >= 4 is 17.2 Å². The number of morpholine rings is 1. The Hall–Kier alpha value is -0.980. The maximum Gasteiger partial charge on any atom is 0.263 e. The molecule has 0 spiro atoms. The van der Waals surface area contributed by atoms with Crippen LogP contribution < -0.4 is 5.32 Å². The molecule has 2 rings (SSSR count). The number of hydrogen-bond acceptors (Lipinski definition) is 5. The highest BCUT2D eigenvalue weighted by Crippen LogP contribution is 2.04. The molecule has 0 bridgehead atoms. The van der Waals surface area contributed by atoms with Gasteiger partial charge in [0, 0.05) is 26.2 Å². The van der Waals surface area contributed by atoms with E-state index < -0.39 is 0 Å². The van der Waals surface area contributed by atoms with Gasteiger partial charge in [-0.2, -0.15) is 0 Å². The molecular weight excluding hydrogens is 226 g/mol. The molecule has 1 aromatic rings. The molecule has 6 heteroatoms. The second-order valence-corrected chi connectivity index (χ2v) is 4.46. The van der Waals surface area contributed by atoms with Gasteiger partial charge in [0.05, 0.1) is 24.9 Å². The van der Waals surface area contributed by atoms with Crippen LogP contribution in [0.15, 0.2) is 11.7 Å². The standard InChI is InChI=1S/C10H15N3O2S/c14-10(9-7-11-8-16-9)12-1-2-13-3-5-15-6-4-13/h7-8H,1-6H2,(H,12,14). The molecule has 0 atom stereocenters. The summed E-state index contributed by atoms with van der Waals surface area (Å²) in [4.78, 5) is 18.4. The van der Waals surface area contributed by atoms with Gasteiger partial charge in [0.25, 0.3) is 5.91 Å². The summed E-state index contributed by atoms with van der Waals surface area (Å²) in [6, 6.07) is 0. The van der Waals surface area contributed by atoms with Crippen molar-refractivity contribution in [1.82, 2.24) is 15.2 Å². The number of carbonyl (C=O) groups excluding carboxylic acids is 1. The van der Waals surface area contributed by atoms with Gasteiger partial charge in [-0.05, 0) is 0 Å². The van der Waals surface area contributed by atoms with Crippen LogP contribution in [0.5, 0.6) is 0 Å². The number of carbonyl (C=O) groups is 1. The third-order valence-corrected chi connectivity index (χ3v) is 3.25. The fourth-order valence-corrected chi connectivity index (χ4v) is 2.10. The summed E-state index contributed by atoms with van der Waals surface area (Å²) in [5.74, 6) is -0.0317. The summed E-state index contributed by atoms with van der Waals surface area (Å²) in [5.41, 5.74) is 1.66. The first-order valence-electron chi connectivity index (χ1n) is 5.33. The van der Waals surface area contributed by atoms with Gasteiger partial charge in [0.15, 0.2) is 0 Å². The van der Waals surface area contributed by atoms with Crippen LogP contribution in [0.2, 0.25) is 0 Å². The minimum Gasteiger partial charge on any atom is -0.379 e. The predicted octanol–water partition coefficient (Wildman–Crippen LogP) is 0.205. The first-order valence-corrected chi connectivity index (χ1v) is 6.21. The molecule has 1 aromatic heterocycles. The van der Waals surface area contributed by atoms with E-state index in [4.69, 9.17) is 4.74 Å². The summed E-state index contributed by atoms with van der Waals surface area (Å²) in [7, 11) is 0. The molecule has 1 N–H and O–H groups in total. The molecule has 5 nitrogen and oxygen atoms in total. The van der Waals surface area contributed by atoms with Crippen LogP contribution in [-0.4, -0.2) is 55.2 Å². The molecule has 1 amide bonds. The molecule has 1 saturated heterocycles. The number of nitrogens with zero attached hydrogens (tertiary/aromatic N) is 2. The number of thiazole rings is 1. The number of rotatable bonds is 4. The van der Waals surface area contributed by atoms with Crippen LogP contribution in [0.3, 0.4) is 0 Å². The van der Waals surface area contributed by atoms with Gasteiger partial charge in [0.1, 0.15) is 4.88 Å². The summed E-state index contributed by atoms with van der Waals surface area (Å²) in [5, 5.41) is 2.88.